The van der Waals surface area contributed by atoms with Crippen LogP contribution < -0.4 is 34.5 Å². The van der Waals surface area contributed by atoms with Crippen LogP contribution in [0, 0.1) is 0 Å². The fraction of sp³-hybridized carbons (Fsp3) is 0.0714. The molecule has 0 spiro atoms. The van der Waals surface area contributed by atoms with Crippen molar-refractivity contribution in [2.75, 3.05) is 12.0 Å². The Morgan fingerprint density at radius 1 is 1.13 bits per heavy atom. The van der Waals surface area contributed by atoms with Crippen molar-refractivity contribution < 1.29 is 52.1 Å². The second-order valence-electron chi connectivity index (χ2n) is 4.46. The number of nitrogens with zero attached hydrogens (tertiary/aromatic N) is 1. The number of rotatable bonds is 1. The summed E-state index contributed by atoms with van der Waals surface area (Å²) in [7, 11) is -3.37. The number of benzene rings is 2. The first-order valence-electron chi connectivity index (χ1n) is 6.17. The van der Waals surface area contributed by atoms with E-state index in [0.29, 0.717) is 16.3 Å². The molecule has 0 aromatic heterocycles. The van der Waals surface area contributed by atoms with Crippen LogP contribution in [0.1, 0.15) is 0 Å². The quantitative estimate of drug-likeness (QED) is 0.525. The largest absolute Gasteiger partial charge is 1.00 e. The molecule has 0 aliphatic carbocycles. The molecule has 9 heteroatoms. The monoisotopic (exact) mass is 359 g/mol. The number of hydrogen-bond acceptors (Lipinski definition) is 6. The number of para-hydroxylation sites is 1. The number of fused-ring (bicyclic) bond motifs is 2. The molecule has 0 unspecified atom stereocenters. The van der Waals surface area contributed by atoms with E-state index >= 15 is 0 Å². The molecule has 0 saturated heterocycles. The molecular weight excluding hydrogens is 349 g/mol. The predicted octanol–water partition coefficient (Wildman–Crippen LogP) is -0.0362. The topological polar surface area (TPSA) is 86.7 Å². The molecule has 3 rings (SSSR count). The third kappa shape index (κ3) is 3.42. The molecule has 0 radical (unpaired) electrons. The van der Waals surface area contributed by atoms with Crippen molar-refractivity contribution in [3.8, 4) is 0 Å². The zero-order valence-electron chi connectivity index (χ0n) is 12.3. The molecule has 2 aromatic carbocycles. The van der Waals surface area contributed by atoms with Gasteiger partial charge in [0.15, 0.2) is 0 Å². The van der Waals surface area contributed by atoms with Crippen LogP contribution in [0.2, 0.25) is 0 Å². The van der Waals surface area contributed by atoms with E-state index in [1.807, 2.05) is 12.1 Å². The van der Waals surface area contributed by atoms with Crippen molar-refractivity contribution in [2.24, 2.45) is 0 Å². The van der Waals surface area contributed by atoms with Crippen LogP contribution in [-0.2, 0) is 14.9 Å². The Hall–Kier alpha value is -1.03. The van der Waals surface area contributed by atoms with Crippen molar-refractivity contribution in [2.45, 2.75) is 14.7 Å². The second-order valence-corrected chi connectivity index (χ2v) is 6.92. The standard InChI is InChI=1S/C14H11NO5S2.Na/c1-20-14(16)15-10-4-2-3-5-12(10)21-13-7-6-9(8-11(13)15)22(17,18)19;/h2-8H,1H3,(H,17,18,19);/q;+1/p-1. The third-order valence-electron chi connectivity index (χ3n) is 3.14. The molecule has 1 heterocycles. The van der Waals surface area contributed by atoms with Crippen LogP contribution in [0.5, 0.6) is 0 Å². The second kappa shape index (κ2) is 6.84. The summed E-state index contributed by atoms with van der Waals surface area (Å²) in [5.41, 5.74) is 0.889. The average molecular weight is 359 g/mol. The fourth-order valence-corrected chi connectivity index (χ4v) is 3.71. The van der Waals surface area contributed by atoms with E-state index < -0.39 is 16.2 Å². The molecular formula is C14H10NNaO5S2. The van der Waals surface area contributed by atoms with Crippen molar-refractivity contribution in [1.29, 1.82) is 0 Å². The van der Waals surface area contributed by atoms with Gasteiger partial charge in [-0.2, -0.15) is 0 Å². The molecule has 1 aliphatic heterocycles. The minimum Gasteiger partial charge on any atom is -0.744 e. The molecule has 2 aromatic rings. The average Bonchev–Trinajstić information content (AvgIpc) is 2.50. The van der Waals surface area contributed by atoms with Crippen LogP contribution in [0.4, 0.5) is 16.2 Å². The maximum absolute atomic E-state index is 12.1. The van der Waals surface area contributed by atoms with Crippen LogP contribution in [0.15, 0.2) is 57.2 Å². The zero-order chi connectivity index (χ0) is 15.9. The number of carbonyl (C=O) groups is 1. The van der Waals surface area contributed by atoms with Crippen LogP contribution in [0.3, 0.4) is 0 Å². The van der Waals surface area contributed by atoms with Crippen molar-refractivity contribution in [3.63, 3.8) is 0 Å². The fourth-order valence-electron chi connectivity index (χ4n) is 2.18. The summed E-state index contributed by atoms with van der Waals surface area (Å²) in [5, 5.41) is 0. The minimum absolute atomic E-state index is 0. The summed E-state index contributed by atoms with van der Waals surface area (Å²) in [6.07, 6.45) is -0.658. The summed E-state index contributed by atoms with van der Waals surface area (Å²) < 4.78 is 38.4. The number of carbonyl (C=O) groups excluding carboxylic acids is 1. The number of hydrogen-bond donors (Lipinski definition) is 0. The maximum atomic E-state index is 12.1. The molecule has 0 atom stereocenters. The van der Waals surface area contributed by atoms with Crippen LogP contribution >= 0.6 is 11.8 Å². The first-order valence-corrected chi connectivity index (χ1v) is 8.39. The van der Waals surface area contributed by atoms with Gasteiger partial charge in [0.2, 0.25) is 0 Å². The number of methoxy groups -OCH3 is 1. The Labute approximate surface area is 159 Å². The van der Waals surface area contributed by atoms with Crippen molar-refractivity contribution >= 4 is 39.3 Å². The smallest absolute Gasteiger partial charge is 0.744 e. The first-order chi connectivity index (χ1) is 10.4. The van der Waals surface area contributed by atoms with Gasteiger partial charge in [-0.05, 0) is 30.3 Å². The van der Waals surface area contributed by atoms with E-state index in [1.165, 1.54) is 42.0 Å². The molecule has 0 fully saturated rings. The Morgan fingerprint density at radius 2 is 1.78 bits per heavy atom. The molecule has 1 aliphatic rings. The molecule has 114 valence electrons. The minimum atomic E-state index is -4.61. The van der Waals surface area contributed by atoms with Crippen LogP contribution in [-0.4, -0.2) is 26.2 Å². The summed E-state index contributed by atoms with van der Waals surface area (Å²) in [5.74, 6) is 0. The SMILES string of the molecule is COC(=O)N1c2ccccc2Sc2ccc(S(=O)(=O)[O-])cc21.[Na+]. The van der Waals surface area contributed by atoms with Gasteiger partial charge in [-0.15, -0.1) is 0 Å². The molecule has 0 saturated carbocycles. The molecule has 1 amide bonds. The van der Waals surface area contributed by atoms with Gasteiger partial charge in [-0.1, -0.05) is 23.9 Å². The summed E-state index contributed by atoms with van der Waals surface area (Å²) in [4.78, 5) is 14.5. The number of anilines is 2. The summed E-state index contributed by atoms with van der Waals surface area (Å²) >= 11 is 1.39. The molecule has 23 heavy (non-hydrogen) atoms. The number of amides is 1. The normalized spacial score (nSPS) is 12.7. The van der Waals surface area contributed by atoms with E-state index in [4.69, 9.17) is 4.74 Å². The Morgan fingerprint density at radius 3 is 2.43 bits per heavy atom. The Balaban J connectivity index is 0.00000192. The third-order valence-corrected chi connectivity index (χ3v) is 5.10. The zero-order valence-corrected chi connectivity index (χ0v) is 16.0. The summed E-state index contributed by atoms with van der Waals surface area (Å²) in [6, 6.07) is 11.1. The number of ether oxygens (including phenoxy) is 1. The van der Waals surface area contributed by atoms with Gasteiger partial charge >= 0.3 is 35.7 Å². The van der Waals surface area contributed by atoms with E-state index in [0.717, 1.165) is 4.90 Å². The van der Waals surface area contributed by atoms with Gasteiger partial charge in [0, 0.05) is 9.79 Å². The van der Waals surface area contributed by atoms with Crippen molar-refractivity contribution in [1.82, 2.24) is 0 Å². The predicted molar refractivity (Wildman–Crippen MR) is 79.5 cm³/mol. The molecule has 6 nitrogen and oxygen atoms in total. The Kier molecular flexibility index (Phi) is 5.44. The molecule has 0 N–H and O–H groups in total. The first kappa shape index (κ1) is 18.3. The van der Waals surface area contributed by atoms with E-state index in [-0.39, 0.29) is 34.5 Å². The van der Waals surface area contributed by atoms with Gasteiger partial charge in [0.25, 0.3) is 0 Å². The van der Waals surface area contributed by atoms with Gasteiger partial charge in [-0.3, -0.25) is 0 Å². The van der Waals surface area contributed by atoms with Gasteiger partial charge in [-0.25, -0.2) is 18.1 Å². The molecule has 0 bridgehead atoms. The van der Waals surface area contributed by atoms with E-state index in [1.54, 1.807) is 12.1 Å². The van der Waals surface area contributed by atoms with E-state index in [2.05, 4.69) is 0 Å². The van der Waals surface area contributed by atoms with Crippen LogP contribution in [0.25, 0.3) is 0 Å². The van der Waals surface area contributed by atoms with E-state index in [9.17, 15) is 17.8 Å². The van der Waals surface area contributed by atoms with Crippen molar-refractivity contribution in [3.05, 3.63) is 42.5 Å². The summed E-state index contributed by atoms with van der Waals surface area (Å²) in [6.45, 7) is 0. The van der Waals surface area contributed by atoms with Gasteiger partial charge in [0.05, 0.1) is 23.4 Å². The maximum Gasteiger partial charge on any atom is 1.00 e. The van der Waals surface area contributed by atoms with Gasteiger partial charge in [0.1, 0.15) is 10.1 Å². The Bertz CT molecular complexity index is 869. The van der Waals surface area contributed by atoms with Gasteiger partial charge < -0.3 is 9.29 Å².